The third-order valence-corrected chi connectivity index (χ3v) is 7.23. The molecule has 4 bridgehead atoms. The van der Waals surface area contributed by atoms with E-state index in [9.17, 15) is 9.59 Å². The average Bonchev–Trinajstić information content (AvgIpc) is 3.48. The van der Waals surface area contributed by atoms with Crippen LogP contribution in [-0.4, -0.2) is 23.2 Å². The van der Waals surface area contributed by atoms with Crippen molar-refractivity contribution in [3.05, 3.63) is 0 Å². The second-order valence-electron chi connectivity index (χ2n) is 9.35. The van der Waals surface area contributed by atoms with Gasteiger partial charge in [-0.05, 0) is 87.9 Å². The highest BCUT2D eigenvalue weighted by molar-refractivity contribution is 5.91. The summed E-state index contributed by atoms with van der Waals surface area (Å²) in [6, 6.07) is 0. The maximum absolute atomic E-state index is 11.9. The molecule has 4 atom stereocenters. The van der Waals surface area contributed by atoms with Crippen molar-refractivity contribution < 1.29 is 9.59 Å². The van der Waals surface area contributed by atoms with Gasteiger partial charge < -0.3 is 0 Å². The van der Waals surface area contributed by atoms with Crippen LogP contribution in [0.15, 0.2) is 10.2 Å². The van der Waals surface area contributed by atoms with E-state index < -0.39 is 0 Å². The minimum absolute atomic E-state index is 0.0229. The molecule has 6 heteroatoms. The lowest BCUT2D eigenvalue weighted by atomic mass is 9.99. The number of rotatable bonds is 9. The van der Waals surface area contributed by atoms with Crippen LogP contribution in [0.1, 0.15) is 89.9 Å². The summed E-state index contributed by atoms with van der Waals surface area (Å²) in [7, 11) is 0. The molecule has 4 fully saturated rings. The number of carbonyl (C=O) groups is 2. The molecule has 0 heterocycles. The number of fused-ring (bicyclic) bond motifs is 4. The number of carbonyl (C=O) groups excluding carboxylic acids is 2. The first-order valence-electron chi connectivity index (χ1n) is 11.4. The molecule has 4 unspecified atom stereocenters. The number of hydrogen-bond acceptors (Lipinski definition) is 4. The van der Waals surface area contributed by atoms with Crippen LogP contribution in [0.3, 0.4) is 0 Å². The molecule has 154 valence electrons. The van der Waals surface area contributed by atoms with E-state index in [0.29, 0.717) is 24.7 Å². The summed E-state index contributed by atoms with van der Waals surface area (Å²) in [6.07, 6.45) is 14.6. The molecule has 4 aliphatic carbocycles. The molecule has 6 nitrogen and oxygen atoms in total. The summed E-state index contributed by atoms with van der Waals surface area (Å²) in [5.74, 6) is 2.94. The predicted molar refractivity (Wildman–Crippen MR) is 110 cm³/mol. The Kier molecular flexibility index (Phi) is 6.43. The van der Waals surface area contributed by atoms with Gasteiger partial charge in [0.25, 0.3) is 0 Å². The van der Waals surface area contributed by atoms with Crippen molar-refractivity contribution in [3.8, 4) is 0 Å². The van der Waals surface area contributed by atoms with Crippen LogP contribution in [0.5, 0.6) is 0 Å². The van der Waals surface area contributed by atoms with Gasteiger partial charge in [-0.2, -0.15) is 10.2 Å². The Bertz CT molecular complexity index is 601. The van der Waals surface area contributed by atoms with Crippen molar-refractivity contribution >= 4 is 23.2 Å². The zero-order valence-corrected chi connectivity index (χ0v) is 16.9. The minimum Gasteiger partial charge on any atom is -0.273 e. The topological polar surface area (TPSA) is 82.9 Å². The molecule has 0 spiro atoms. The van der Waals surface area contributed by atoms with Crippen LogP contribution in [-0.2, 0) is 9.59 Å². The molecule has 0 aliphatic heterocycles. The highest BCUT2D eigenvalue weighted by Crippen LogP contribution is 2.43. The van der Waals surface area contributed by atoms with Crippen molar-refractivity contribution in [3.63, 3.8) is 0 Å². The molecule has 0 aromatic rings. The Morgan fingerprint density at radius 3 is 1.54 bits per heavy atom. The normalized spacial score (nSPS) is 33.1. The fraction of sp³-hybridized carbons (Fsp3) is 0.818. The summed E-state index contributed by atoms with van der Waals surface area (Å²) in [5, 5.41) is 8.73. The molecule has 0 aromatic heterocycles. The van der Waals surface area contributed by atoms with E-state index in [1.54, 1.807) is 0 Å². The number of hydrazone groups is 2. The van der Waals surface area contributed by atoms with Gasteiger partial charge in [-0.25, -0.2) is 10.9 Å². The Hall–Kier alpha value is -1.72. The average molecular weight is 387 g/mol. The van der Waals surface area contributed by atoms with Crippen molar-refractivity contribution in [2.24, 2.45) is 33.9 Å². The van der Waals surface area contributed by atoms with Crippen LogP contribution >= 0.6 is 0 Å². The van der Waals surface area contributed by atoms with Crippen molar-refractivity contribution in [1.29, 1.82) is 0 Å². The van der Waals surface area contributed by atoms with Gasteiger partial charge >= 0.3 is 0 Å². The van der Waals surface area contributed by atoms with Crippen LogP contribution in [0.25, 0.3) is 0 Å². The van der Waals surface area contributed by atoms with Gasteiger partial charge in [0.05, 0.1) is 0 Å². The fourth-order valence-electron chi connectivity index (χ4n) is 5.63. The van der Waals surface area contributed by atoms with E-state index in [2.05, 4.69) is 21.1 Å². The smallest absolute Gasteiger partial charge is 0.240 e. The Balaban J connectivity index is 1.01. The molecule has 2 amide bonds. The first kappa shape index (κ1) is 19.6. The summed E-state index contributed by atoms with van der Waals surface area (Å²) >= 11 is 0. The number of nitrogens with zero attached hydrogens (tertiary/aromatic N) is 2. The highest BCUT2D eigenvalue weighted by atomic mass is 16.2. The third kappa shape index (κ3) is 5.00. The molecule has 0 saturated heterocycles. The highest BCUT2D eigenvalue weighted by Gasteiger charge is 2.37. The summed E-state index contributed by atoms with van der Waals surface area (Å²) in [6.45, 7) is 0. The van der Waals surface area contributed by atoms with Crippen molar-refractivity contribution in [1.82, 2.24) is 10.9 Å². The van der Waals surface area contributed by atoms with Crippen molar-refractivity contribution in [2.45, 2.75) is 89.9 Å². The summed E-state index contributed by atoms with van der Waals surface area (Å²) in [4.78, 5) is 23.8. The molecule has 0 aromatic carbocycles. The van der Waals surface area contributed by atoms with E-state index >= 15 is 0 Å². The zero-order chi connectivity index (χ0) is 19.3. The van der Waals surface area contributed by atoms with Gasteiger partial charge in [-0.15, -0.1) is 0 Å². The summed E-state index contributed by atoms with van der Waals surface area (Å²) < 4.78 is 0. The van der Waals surface area contributed by atoms with E-state index in [0.717, 1.165) is 50.4 Å². The van der Waals surface area contributed by atoms with E-state index in [4.69, 9.17) is 0 Å². The molecular weight excluding hydrogens is 352 g/mol. The number of hydrogen-bond donors (Lipinski definition) is 2. The molecule has 4 saturated carbocycles. The molecule has 4 rings (SSSR count). The second-order valence-corrected chi connectivity index (χ2v) is 9.35. The van der Waals surface area contributed by atoms with Crippen LogP contribution < -0.4 is 10.9 Å². The third-order valence-electron chi connectivity index (χ3n) is 7.23. The second kappa shape index (κ2) is 9.19. The standard InChI is InChI=1S/C22H34N4O2/c27-21(25-23-19-13-15-7-9-17(19)11-15)5-3-1-2-4-6-22(28)26-24-20-14-16-8-10-18(20)12-16/h15-18H,1-14H2,(H,25,27)(H,26,28)/b23-19+,24-20+. The molecule has 2 N–H and O–H groups in total. The Morgan fingerprint density at radius 1 is 0.714 bits per heavy atom. The minimum atomic E-state index is 0.0229. The zero-order valence-electron chi connectivity index (χ0n) is 16.9. The van der Waals surface area contributed by atoms with Gasteiger partial charge in [0.2, 0.25) is 11.8 Å². The van der Waals surface area contributed by atoms with Gasteiger partial charge in [0.1, 0.15) is 0 Å². The van der Waals surface area contributed by atoms with Gasteiger partial charge in [-0.1, -0.05) is 12.8 Å². The number of nitrogens with one attached hydrogen (secondary N) is 2. The van der Waals surface area contributed by atoms with Gasteiger partial charge in [-0.3, -0.25) is 9.59 Å². The van der Waals surface area contributed by atoms with Gasteiger partial charge in [0, 0.05) is 24.3 Å². The molecule has 4 aliphatic rings. The molecule has 0 radical (unpaired) electrons. The molecular formula is C22H34N4O2. The lowest BCUT2D eigenvalue weighted by molar-refractivity contribution is -0.122. The summed E-state index contributed by atoms with van der Waals surface area (Å²) in [5.41, 5.74) is 7.91. The lowest BCUT2D eigenvalue weighted by Crippen LogP contribution is -2.21. The van der Waals surface area contributed by atoms with Crippen LogP contribution in [0.4, 0.5) is 0 Å². The predicted octanol–water partition coefficient (Wildman–Crippen LogP) is 3.91. The first-order valence-corrected chi connectivity index (χ1v) is 11.4. The largest absolute Gasteiger partial charge is 0.273 e. The van der Waals surface area contributed by atoms with Crippen LogP contribution in [0.2, 0.25) is 0 Å². The van der Waals surface area contributed by atoms with E-state index in [1.807, 2.05) is 0 Å². The monoisotopic (exact) mass is 386 g/mol. The van der Waals surface area contributed by atoms with E-state index in [1.165, 1.54) is 49.9 Å². The fourth-order valence-corrected chi connectivity index (χ4v) is 5.63. The Morgan fingerprint density at radius 2 is 1.18 bits per heavy atom. The maximum Gasteiger partial charge on any atom is 0.240 e. The van der Waals surface area contributed by atoms with Gasteiger partial charge in [0.15, 0.2) is 0 Å². The van der Waals surface area contributed by atoms with E-state index in [-0.39, 0.29) is 11.8 Å². The number of amides is 2. The number of unbranched alkanes of at least 4 members (excludes halogenated alkanes) is 3. The molecule has 28 heavy (non-hydrogen) atoms. The van der Waals surface area contributed by atoms with Crippen LogP contribution in [0, 0.1) is 23.7 Å². The quantitative estimate of drug-likeness (QED) is 0.465. The first-order chi connectivity index (χ1) is 13.7. The lowest BCUT2D eigenvalue weighted by Gasteiger charge is -2.11. The SMILES string of the molecule is O=C(CCCCCCC(=O)N/N=C1\CC2CCC1C2)N/N=C1\CC2CCC1C2. The van der Waals surface area contributed by atoms with Crippen molar-refractivity contribution in [2.75, 3.05) is 0 Å². The Labute approximate surface area is 168 Å². The maximum atomic E-state index is 11.9.